The van der Waals surface area contributed by atoms with E-state index < -0.39 is 0 Å². The minimum atomic E-state index is 0. The van der Waals surface area contributed by atoms with E-state index in [0.29, 0.717) is 5.92 Å². The van der Waals surface area contributed by atoms with Crippen LogP contribution in [0.1, 0.15) is 34.1 Å². The van der Waals surface area contributed by atoms with Crippen LogP contribution < -0.4 is 24.8 Å². The molecule has 0 aromatic heterocycles. The van der Waals surface area contributed by atoms with Crippen LogP contribution in [-0.4, -0.2) is 6.54 Å². The van der Waals surface area contributed by atoms with E-state index in [2.05, 4.69) is 59.0 Å². The normalized spacial score (nSPS) is 30.6. The summed E-state index contributed by atoms with van der Waals surface area (Å²) >= 11 is 2.27. The van der Waals surface area contributed by atoms with E-state index in [1.807, 2.05) is 0 Å². The van der Waals surface area contributed by atoms with E-state index in [9.17, 15) is 0 Å². The second-order valence-corrected chi connectivity index (χ2v) is 5.59. The molecule has 2 aliphatic rings. The first-order valence-corrected chi connectivity index (χ1v) is 6.31. The van der Waals surface area contributed by atoms with Gasteiger partial charge in [0.2, 0.25) is 0 Å². The number of allylic oxidation sites excluding steroid dienone is 4. The Bertz CT molecular complexity index is 416. The zero-order valence-corrected chi connectivity index (χ0v) is 13.8. The molecule has 93 valence electrons. The monoisotopic (exact) mass is 305 g/mol. The molecule has 0 fully saturated rings. The van der Waals surface area contributed by atoms with Crippen molar-refractivity contribution in [1.29, 1.82) is 0 Å². The van der Waals surface area contributed by atoms with E-state index in [4.69, 9.17) is 0 Å². The molecule has 0 radical (unpaired) electrons. The third kappa shape index (κ3) is 2.38. The fourth-order valence-electron chi connectivity index (χ4n) is 2.72. The second-order valence-electron chi connectivity index (χ2n) is 4.80. The fraction of sp³-hybridized carbons (Fsp3) is 0.615. The van der Waals surface area contributed by atoms with Gasteiger partial charge in [0.1, 0.15) is 0 Å². The van der Waals surface area contributed by atoms with Crippen LogP contribution in [0.25, 0.3) is 4.85 Å². The predicted octanol–water partition coefficient (Wildman–Crippen LogP) is -2.48. The minimum Gasteiger partial charge on any atom is -1.00 e. The molecule has 2 atom stereocenters. The third-order valence-corrected chi connectivity index (χ3v) is 5.67. The average molecular weight is 306 g/mol. The molecule has 1 nitrogen and oxygen atoms in total. The van der Waals surface area contributed by atoms with Crippen LogP contribution in [0, 0.1) is 17.4 Å². The van der Waals surface area contributed by atoms with Crippen molar-refractivity contribution in [3.05, 3.63) is 25.4 Å². The number of hydrogen-bond acceptors (Lipinski definition) is 0. The molecular weight excluding hydrogens is 289 g/mol. The molecule has 0 aromatic rings. The van der Waals surface area contributed by atoms with Crippen LogP contribution in [0.4, 0.5) is 0 Å². The fourth-order valence-corrected chi connectivity index (χ4v) is 3.58. The number of halogens is 2. The standard InChI is InChI=1S/C13H17N.2ClH.Ti/c1-9-7-13(4,11(3)10(9)2)12-5-6-14-8-12;;;/h12H,5-6H2,1-4H3;2*1H;/q+1;;;/p-2. The van der Waals surface area contributed by atoms with Gasteiger partial charge in [-0.3, -0.25) is 0 Å². The first kappa shape index (κ1) is 17.3. The van der Waals surface area contributed by atoms with Crippen molar-refractivity contribution >= 4 is 0 Å². The molecule has 0 amide bonds. The minimum absolute atomic E-state index is 0. The van der Waals surface area contributed by atoms with Crippen molar-refractivity contribution in [3.63, 3.8) is 0 Å². The largest absolute Gasteiger partial charge is 1.00 e. The molecule has 0 spiro atoms. The van der Waals surface area contributed by atoms with Gasteiger partial charge in [0.25, 0.3) is 0 Å². The quantitative estimate of drug-likeness (QED) is 0.473. The van der Waals surface area contributed by atoms with Gasteiger partial charge in [-0.2, -0.15) is 0 Å². The Morgan fingerprint density at radius 1 is 1.24 bits per heavy atom. The van der Waals surface area contributed by atoms with Crippen molar-refractivity contribution in [2.24, 2.45) is 11.3 Å². The molecule has 0 aromatic carbocycles. The first-order chi connectivity index (χ1) is 6.99. The van der Waals surface area contributed by atoms with Crippen LogP contribution in [0.5, 0.6) is 0 Å². The smallest absolute Gasteiger partial charge is 1.00 e. The zero-order chi connectivity index (χ0) is 11.2. The topological polar surface area (TPSA) is 4.36 Å². The predicted molar refractivity (Wildman–Crippen MR) is 59.4 cm³/mol. The first-order valence-electron chi connectivity index (χ1n) is 5.53. The summed E-state index contributed by atoms with van der Waals surface area (Å²) in [4.78, 5) is 4.28. The summed E-state index contributed by atoms with van der Waals surface area (Å²) in [5, 5.41) is 0. The Kier molecular flexibility index (Phi) is 6.03. The molecule has 0 saturated carbocycles. The van der Waals surface area contributed by atoms with Gasteiger partial charge in [0.15, 0.2) is 0 Å². The van der Waals surface area contributed by atoms with Gasteiger partial charge in [-0.15, -0.1) is 0 Å². The Balaban J connectivity index is 0.00000128. The molecule has 2 unspecified atom stereocenters. The molecule has 0 N–H and O–H groups in total. The molecule has 0 saturated heterocycles. The molecule has 2 rings (SSSR count). The van der Waals surface area contributed by atoms with Crippen LogP contribution in [-0.2, 0) is 20.4 Å². The van der Waals surface area contributed by atoms with Crippen LogP contribution in [0.15, 0.2) is 20.6 Å². The van der Waals surface area contributed by atoms with Gasteiger partial charge in [-0.25, -0.2) is 0 Å². The SMILES string of the molecule is CC1=C(C)C(C)(C2C#[N+]CC2)[C]([Ti])=C1C.[Cl-].[Cl-]. The van der Waals surface area contributed by atoms with Gasteiger partial charge in [0.05, 0.1) is 0 Å². The van der Waals surface area contributed by atoms with E-state index >= 15 is 0 Å². The van der Waals surface area contributed by atoms with Gasteiger partial charge in [0, 0.05) is 0 Å². The molecule has 4 heteroatoms. The summed E-state index contributed by atoms with van der Waals surface area (Å²) in [5.41, 5.74) is 4.66. The zero-order valence-electron chi connectivity index (χ0n) is 10.7. The van der Waals surface area contributed by atoms with E-state index in [-0.39, 0.29) is 30.2 Å². The summed E-state index contributed by atoms with van der Waals surface area (Å²) in [5.74, 6) is 0.491. The molecule has 0 bridgehead atoms. The van der Waals surface area contributed by atoms with Crippen molar-refractivity contribution in [1.82, 2.24) is 0 Å². The molecule has 1 aliphatic carbocycles. The van der Waals surface area contributed by atoms with E-state index in [1.165, 1.54) is 20.6 Å². The van der Waals surface area contributed by atoms with Crippen molar-refractivity contribution in [2.75, 3.05) is 6.54 Å². The maximum absolute atomic E-state index is 4.28. The number of nitrogens with zero attached hydrogens (tertiary/aromatic N) is 1. The Morgan fingerprint density at radius 2 is 1.82 bits per heavy atom. The summed E-state index contributed by atoms with van der Waals surface area (Å²) in [6.45, 7) is 10.1. The van der Waals surface area contributed by atoms with Crippen molar-refractivity contribution in [3.8, 4) is 6.07 Å². The molecule has 1 aliphatic heterocycles. The van der Waals surface area contributed by atoms with Crippen LogP contribution in [0.3, 0.4) is 0 Å². The maximum atomic E-state index is 4.28. The van der Waals surface area contributed by atoms with Crippen molar-refractivity contribution < 1.29 is 45.2 Å². The number of hydrogen-bond donors (Lipinski definition) is 0. The summed E-state index contributed by atoms with van der Waals surface area (Å²) < 4.78 is 1.52. The van der Waals surface area contributed by atoms with E-state index in [1.54, 1.807) is 0 Å². The van der Waals surface area contributed by atoms with Crippen molar-refractivity contribution in [2.45, 2.75) is 34.1 Å². The van der Waals surface area contributed by atoms with Gasteiger partial charge < -0.3 is 24.8 Å². The molecule has 1 heterocycles. The Labute approximate surface area is 128 Å². The van der Waals surface area contributed by atoms with Gasteiger partial charge >= 0.3 is 104 Å². The second kappa shape index (κ2) is 5.94. The van der Waals surface area contributed by atoms with Crippen LogP contribution in [0.2, 0.25) is 0 Å². The summed E-state index contributed by atoms with van der Waals surface area (Å²) in [7, 11) is 0. The van der Waals surface area contributed by atoms with Gasteiger partial charge in [-0.05, 0) is 0 Å². The Morgan fingerprint density at radius 3 is 2.18 bits per heavy atom. The third-order valence-electron chi connectivity index (χ3n) is 4.27. The molecule has 17 heavy (non-hydrogen) atoms. The molecular formula is C13H17Cl2NTi-. The average Bonchev–Trinajstić information content (AvgIpc) is 2.81. The number of rotatable bonds is 1. The maximum Gasteiger partial charge on any atom is -1.00 e. The van der Waals surface area contributed by atoms with E-state index in [0.717, 1.165) is 13.0 Å². The summed E-state index contributed by atoms with van der Waals surface area (Å²) in [6.07, 6.45) is 1.16. The Hall–Kier alpha value is 0.264. The summed E-state index contributed by atoms with van der Waals surface area (Å²) in [6, 6.07) is 3.30. The van der Waals surface area contributed by atoms with Crippen LogP contribution >= 0.6 is 0 Å². The van der Waals surface area contributed by atoms with Gasteiger partial charge in [-0.1, -0.05) is 0 Å².